The van der Waals surface area contributed by atoms with E-state index < -0.39 is 55.2 Å². The highest BCUT2D eigenvalue weighted by molar-refractivity contribution is 5.85. The molecule has 0 bridgehead atoms. The van der Waals surface area contributed by atoms with Crippen LogP contribution in [-0.4, -0.2) is 65.4 Å². The van der Waals surface area contributed by atoms with E-state index in [4.69, 9.17) is 18.9 Å². The number of carbonyl (C=O) groups excluding carboxylic acids is 3. The molecule has 0 aromatic rings. The average molecular weight is 343 g/mol. The van der Waals surface area contributed by atoms with Crippen LogP contribution in [0.4, 0.5) is 0 Å². The summed E-state index contributed by atoms with van der Waals surface area (Å²) in [5.41, 5.74) is 0. The zero-order valence-electron chi connectivity index (χ0n) is 12.3. The second-order valence-corrected chi connectivity index (χ2v) is 4.47. The molecule has 1 heterocycles. The molecule has 1 rings (SSSR count). The molecule has 1 aliphatic rings. The predicted octanol–water partition coefficient (Wildman–Crippen LogP) is -1.09. The highest BCUT2D eigenvalue weighted by Gasteiger charge is 2.50. The molecule has 0 aliphatic carbocycles. The fourth-order valence-electron chi connectivity index (χ4n) is 1.96. The Kier molecular flexibility index (Phi) is 8.31. The summed E-state index contributed by atoms with van der Waals surface area (Å²) in [6.07, 6.45) is -6.69. The Bertz CT molecular complexity index is 413. The van der Waals surface area contributed by atoms with Crippen molar-refractivity contribution in [1.29, 1.82) is 0 Å². The van der Waals surface area contributed by atoms with E-state index >= 15 is 0 Å². The Morgan fingerprint density at radius 2 is 1.41 bits per heavy atom. The van der Waals surface area contributed by atoms with Crippen molar-refractivity contribution in [3.63, 3.8) is 0 Å². The minimum atomic E-state index is -1.56. The second-order valence-electron chi connectivity index (χ2n) is 4.47. The van der Waals surface area contributed by atoms with E-state index in [-0.39, 0.29) is 12.4 Å². The van der Waals surface area contributed by atoms with Crippen LogP contribution in [0.25, 0.3) is 0 Å². The van der Waals surface area contributed by atoms with Crippen LogP contribution in [-0.2, 0) is 33.3 Å². The lowest BCUT2D eigenvalue weighted by molar-refractivity contribution is -0.296. The third-order valence-corrected chi connectivity index (χ3v) is 2.68. The van der Waals surface area contributed by atoms with Gasteiger partial charge >= 0.3 is 17.9 Å². The first-order valence-electron chi connectivity index (χ1n) is 6.22. The minimum Gasteiger partial charge on any atom is -0.456 e. The monoisotopic (exact) mass is 342 g/mol. The SMILES string of the molecule is CC(=O)O[C@@H]1O[C@H](CO)[C@@H](OC(C)=O)[C@H](OC(C)=O)[C@H]1O.Cl. The molecule has 0 saturated carbocycles. The lowest BCUT2D eigenvalue weighted by Crippen LogP contribution is -2.61. The molecule has 2 N–H and O–H groups in total. The maximum absolute atomic E-state index is 11.1. The maximum atomic E-state index is 11.1. The highest BCUT2D eigenvalue weighted by atomic mass is 35.5. The smallest absolute Gasteiger partial charge is 0.305 e. The molecule has 9 nitrogen and oxygen atoms in total. The van der Waals surface area contributed by atoms with Gasteiger partial charge in [-0.05, 0) is 0 Å². The third-order valence-electron chi connectivity index (χ3n) is 2.68. The van der Waals surface area contributed by atoms with Crippen molar-refractivity contribution in [2.24, 2.45) is 0 Å². The van der Waals surface area contributed by atoms with E-state index in [1.807, 2.05) is 0 Å². The Hall–Kier alpha value is -1.42. The lowest BCUT2D eigenvalue weighted by atomic mass is 9.98. The molecule has 0 amide bonds. The molecule has 0 radical (unpaired) electrons. The average Bonchev–Trinajstić information content (AvgIpc) is 2.35. The quantitative estimate of drug-likeness (QED) is 0.483. The molecule has 5 atom stereocenters. The van der Waals surface area contributed by atoms with Crippen LogP contribution in [0.1, 0.15) is 20.8 Å². The van der Waals surface area contributed by atoms with Gasteiger partial charge in [0.15, 0.2) is 18.3 Å². The molecule has 0 unspecified atom stereocenters. The van der Waals surface area contributed by atoms with Crippen molar-refractivity contribution < 1.29 is 43.5 Å². The van der Waals surface area contributed by atoms with Crippen LogP contribution in [0.3, 0.4) is 0 Å². The van der Waals surface area contributed by atoms with Crippen molar-refractivity contribution in [2.75, 3.05) is 6.61 Å². The summed E-state index contributed by atoms with van der Waals surface area (Å²) in [4.78, 5) is 33.2. The fourth-order valence-corrected chi connectivity index (χ4v) is 1.96. The van der Waals surface area contributed by atoms with E-state index in [0.29, 0.717) is 0 Å². The molecular weight excluding hydrogens is 324 g/mol. The van der Waals surface area contributed by atoms with Crippen LogP contribution in [0.15, 0.2) is 0 Å². The van der Waals surface area contributed by atoms with Crippen LogP contribution in [0.5, 0.6) is 0 Å². The summed E-state index contributed by atoms with van der Waals surface area (Å²) < 4.78 is 19.8. The maximum Gasteiger partial charge on any atom is 0.305 e. The second kappa shape index (κ2) is 8.89. The van der Waals surface area contributed by atoms with Gasteiger partial charge in [0, 0.05) is 20.8 Å². The van der Waals surface area contributed by atoms with Gasteiger partial charge in [0.25, 0.3) is 0 Å². The number of hydrogen-bond donors (Lipinski definition) is 2. The van der Waals surface area contributed by atoms with Gasteiger partial charge in [-0.3, -0.25) is 14.4 Å². The summed E-state index contributed by atoms with van der Waals surface area (Å²) in [7, 11) is 0. The fraction of sp³-hybridized carbons (Fsp3) is 0.750. The predicted molar refractivity (Wildman–Crippen MR) is 71.9 cm³/mol. The van der Waals surface area contributed by atoms with Gasteiger partial charge in [-0.2, -0.15) is 0 Å². The Labute approximate surface area is 132 Å². The van der Waals surface area contributed by atoms with Crippen LogP contribution in [0.2, 0.25) is 0 Å². The summed E-state index contributed by atoms with van der Waals surface area (Å²) in [5.74, 6) is -2.18. The number of carbonyl (C=O) groups is 3. The van der Waals surface area contributed by atoms with Gasteiger partial charge in [-0.1, -0.05) is 0 Å². The molecular formula is C12H19ClO9. The van der Waals surface area contributed by atoms with E-state index in [0.717, 1.165) is 20.8 Å². The van der Waals surface area contributed by atoms with Crippen molar-refractivity contribution in [3.8, 4) is 0 Å². The van der Waals surface area contributed by atoms with Crippen molar-refractivity contribution >= 4 is 30.3 Å². The molecule has 128 valence electrons. The third kappa shape index (κ3) is 5.41. The van der Waals surface area contributed by atoms with Gasteiger partial charge in [0.1, 0.15) is 6.10 Å². The zero-order chi connectivity index (χ0) is 16.2. The largest absolute Gasteiger partial charge is 0.456 e. The molecule has 1 fully saturated rings. The van der Waals surface area contributed by atoms with Crippen LogP contribution in [0, 0.1) is 0 Å². The molecule has 0 aromatic carbocycles. The van der Waals surface area contributed by atoms with Crippen molar-refractivity contribution in [1.82, 2.24) is 0 Å². The number of ether oxygens (including phenoxy) is 4. The van der Waals surface area contributed by atoms with Gasteiger partial charge in [-0.15, -0.1) is 12.4 Å². The summed E-state index contributed by atoms with van der Waals surface area (Å²) in [6, 6.07) is 0. The van der Waals surface area contributed by atoms with Gasteiger partial charge < -0.3 is 29.2 Å². The normalized spacial score (nSPS) is 30.7. The molecule has 1 saturated heterocycles. The summed E-state index contributed by atoms with van der Waals surface area (Å²) in [5, 5.41) is 19.4. The topological polar surface area (TPSA) is 129 Å². The Balaban J connectivity index is 0.00000441. The van der Waals surface area contributed by atoms with Gasteiger partial charge in [-0.25, -0.2) is 0 Å². The summed E-state index contributed by atoms with van der Waals surface area (Å²) >= 11 is 0. The minimum absolute atomic E-state index is 0. The van der Waals surface area contributed by atoms with Gasteiger partial charge in [0.2, 0.25) is 6.29 Å². The zero-order valence-corrected chi connectivity index (χ0v) is 13.1. The lowest BCUT2D eigenvalue weighted by Gasteiger charge is -2.42. The van der Waals surface area contributed by atoms with Crippen molar-refractivity contribution in [2.45, 2.75) is 51.5 Å². The van der Waals surface area contributed by atoms with Gasteiger partial charge in [0.05, 0.1) is 6.61 Å². The Morgan fingerprint density at radius 1 is 0.955 bits per heavy atom. The van der Waals surface area contributed by atoms with E-state index in [9.17, 15) is 24.6 Å². The molecule has 10 heteroatoms. The van der Waals surface area contributed by atoms with E-state index in [2.05, 4.69) is 0 Å². The number of aliphatic hydroxyl groups excluding tert-OH is 2. The van der Waals surface area contributed by atoms with E-state index in [1.54, 1.807) is 0 Å². The molecule has 0 aromatic heterocycles. The first-order valence-corrected chi connectivity index (χ1v) is 6.22. The standard InChI is InChI=1S/C12H18O9.ClH/c1-5(14)18-10-8(4-13)21-12(20-7(3)16)9(17)11(10)19-6(2)15;/h8-13,17H,4H2,1-3H3;1H/t8-,9-,10-,11-,12-;/m1./s1. The highest BCUT2D eigenvalue weighted by Crippen LogP contribution is 2.27. The molecule has 1 aliphatic heterocycles. The first kappa shape index (κ1) is 20.6. The van der Waals surface area contributed by atoms with Crippen molar-refractivity contribution in [3.05, 3.63) is 0 Å². The Morgan fingerprint density at radius 3 is 1.82 bits per heavy atom. The molecule has 22 heavy (non-hydrogen) atoms. The first-order chi connectivity index (χ1) is 9.76. The van der Waals surface area contributed by atoms with Crippen LogP contribution >= 0.6 is 12.4 Å². The number of esters is 3. The number of halogens is 1. The summed E-state index contributed by atoms with van der Waals surface area (Å²) in [6.45, 7) is 2.72. The number of aliphatic hydroxyl groups is 2. The molecule has 0 spiro atoms. The van der Waals surface area contributed by atoms with Crippen LogP contribution < -0.4 is 0 Å². The number of hydrogen-bond acceptors (Lipinski definition) is 9. The number of rotatable bonds is 4. The van der Waals surface area contributed by atoms with E-state index in [1.165, 1.54) is 0 Å².